The maximum absolute atomic E-state index is 13.5. The first-order valence-corrected chi connectivity index (χ1v) is 13.2. The Labute approximate surface area is 203 Å². The van der Waals surface area contributed by atoms with Gasteiger partial charge in [0.05, 0.1) is 11.5 Å². The second-order valence-electron chi connectivity index (χ2n) is 8.84. The number of sulfone groups is 1. The third-order valence-corrected chi connectivity index (χ3v) is 8.61. The van der Waals surface area contributed by atoms with Crippen molar-refractivity contribution in [2.24, 2.45) is 0 Å². The number of rotatable bonds is 10. The predicted octanol–water partition coefficient (Wildman–Crippen LogP) is 3.37. The zero-order chi connectivity index (χ0) is 23.9. The highest BCUT2D eigenvalue weighted by Gasteiger charge is 2.48. The van der Waals surface area contributed by atoms with Crippen molar-refractivity contribution in [1.29, 1.82) is 0 Å². The second-order valence-corrected chi connectivity index (χ2v) is 11.2. The number of likely N-dealkylation sites (tertiary alicyclic amines) is 1. The van der Waals surface area contributed by atoms with Crippen LogP contribution in [-0.4, -0.2) is 62.4 Å². The summed E-state index contributed by atoms with van der Waals surface area (Å²) in [6.45, 7) is 8.89. The largest absolute Gasteiger partial charge is 0.492 e. The van der Waals surface area contributed by atoms with Gasteiger partial charge >= 0.3 is 5.97 Å². The molecule has 1 fully saturated rings. The van der Waals surface area contributed by atoms with Gasteiger partial charge in [-0.1, -0.05) is 36.2 Å². The average molecular weight is 492 g/mol. The molecule has 1 aliphatic heterocycles. The monoisotopic (exact) mass is 491 g/mol. The van der Waals surface area contributed by atoms with Crippen LogP contribution in [0.3, 0.4) is 0 Å². The summed E-state index contributed by atoms with van der Waals surface area (Å²) < 4.78 is 36.4. The third-order valence-electron chi connectivity index (χ3n) is 6.22. The summed E-state index contributed by atoms with van der Waals surface area (Å²) in [5.74, 6) is -0.0116. The Morgan fingerprint density at radius 3 is 2.21 bits per heavy atom. The average Bonchev–Trinajstić information content (AvgIpc) is 2.81. The molecule has 8 heteroatoms. The van der Waals surface area contributed by atoms with Crippen LogP contribution in [0.1, 0.15) is 44.2 Å². The molecule has 188 valence electrons. The number of hydrogen-bond donors (Lipinski definition) is 0. The van der Waals surface area contributed by atoms with Crippen LogP contribution in [0, 0.1) is 6.92 Å². The third kappa shape index (κ3) is 6.58. The van der Waals surface area contributed by atoms with E-state index in [2.05, 4.69) is 4.90 Å². The first-order chi connectivity index (χ1) is 15.8. The van der Waals surface area contributed by atoms with Gasteiger partial charge in [0.25, 0.3) is 0 Å². The maximum atomic E-state index is 13.5. The van der Waals surface area contributed by atoms with Crippen molar-refractivity contribution in [1.82, 2.24) is 4.90 Å². The van der Waals surface area contributed by atoms with E-state index in [0.29, 0.717) is 6.61 Å². The van der Waals surface area contributed by atoms with Crippen LogP contribution in [0.25, 0.3) is 0 Å². The standard InChI is InChI=1S/C26H35NO5S.H2O/c1-4-31-25(28)26(3,33(29,30)24-14-8-21(2)9-15-24)20-22-10-12-23(13-11-22)32-19-18-27-16-6-5-7-17-27;/h8-15H,4-7,16-20H2,1-3H3;1H2. The van der Waals surface area contributed by atoms with E-state index in [0.717, 1.165) is 36.5 Å². The van der Waals surface area contributed by atoms with Gasteiger partial charge in [-0.15, -0.1) is 0 Å². The van der Waals surface area contributed by atoms with Crippen LogP contribution in [-0.2, 0) is 25.8 Å². The van der Waals surface area contributed by atoms with E-state index in [1.54, 1.807) is 31.2 Å². The van der Waals surface area contributed by atoms with Gasteiger partial charge in [0.2, 0.25) is 0 Å². The fourth-order valence-corrected chi connectivity index (χ4v) is 5.76. The maximum Gasteiger partial charge on any atom is 0.327 e. The van der Waals surface area contributed by atoms with Crippen molar-refractivity contribution in [3.63, 3.8) is 0 Å². The zero-order valence-electron chi connectivity index (χ0n) is 20.4. The smallest absolute Gasteiger partial charge is 0.327 e. The Morgan fingerprint density at radius 1 is 1.00 bits per heavy atom. The number of piperidine rings is 1. The summed E-state index contributed by atoms with van der Waals surface area (Å²) >= 11 is 0. The summed E-state index contributed by atoms with van der Waals surface area (Å²) in [7, 11) is -3.99. The molecule has 1 atom stereocenters. The molecule has 1 aliphatic rings. The van der Waals surface area contributed by atoms with Crippen LogP contribution in [0.5, 0.6) is 5.75 Å². The molecule has 0 spiro atoms. The summed E-state index contributed by atoms with van der Waals surface area (Å²) in [6, 6.07) is 13.8. The van der Waals surface area contributed by atoms with Crippen molar-refractivity contribution in [3.05, 3.63) is 59.7 Å². The van der Waals surface area contributed by atoms with E-state index in [1.165, 1.54) is 26.2 Å². The highest BCUT2D eigenvalue weighted by molar-refractivity contribution is 7.93. The molecule has 0 aliphatic carbocycles. The first kappa shape index (κ1) is 27.8. The Bertz CT molecular complexity index is 1010. The Morgan fingerprint density at radius 2 is 1.62 bits per heavy atom. The molecule has 3 rings (SSSR count). The lowest BCUT2D eigenvalue weighted by molar-refractivity contribution is -0.145. The lowest BCUT2D eigenvalue weighted by atomic mass is 10.00. The fourth-order valence-electron chi connectivity index (χ4n) is 4.11. The number of nitrogens with zero attached hydrogens (tertiary/aromatic N) is 1. The van der Waals surface area contributed by atoms with Crippen molar-refractivity contribution in [2.45, 2.75) is 56.1 Å². The minimum absolute atomic E-state index is 0. The van der Waals surface area contributed by atoms with Crippen molar-refractivity contribution in [2.75, 3.05) is 32.8 Å². The number of aryl methyl sites for hydroxylation is 1. The summed E-state index contributed by atoms with van der Waals surface area (Å²) in [4.78, 5) is 15.4. The van der Waals surface area contributed by atoms with Crippen LogP contribution < -0.4 is 4.74 Å². The van der Waals surface area contributed by atoms with Gasteiger partial charge < -0.3 is 14.9 Å². The zero-order valence-corrected chi connectivity index (χ0v) is 21.2. The number of carbonyl (C=O) groups is 1. The topological polar surface area (TPSA) is 104 Å². The minimum atomic E-state index is -3.99. The summed E-state index contributed by atoms with van der Waals surface area (Å²) in [6.07, 6.45) is 3.82. The molecular weight excluding hydrogens is 454 g/mol. The molecule has 0 bridgehead atoms. The molecule has 0 saturated carbocycles. The number of esters is 1. The molecule has 1 unspecified atom stereocenters. The van der Waals surface area contributed by atoms with Crippen molar-refractivity contribution >= 4 is 15.8 Å². The Kier molecular flexibility index (Phi) is 10.1. The molecule has 7 nitrogen and oxygen atoms in total. The summed E-state index contributed by atoms with van der Waals surface area (Å²) in [5.41, 5.74) is 1.67. The van der Waals surface area contributed by atoms with Gasteiger partial charge in [-0.2, -0.15) is 0 Å². The van der Waals surface area contributed by atoms with Gasteiger partial charge in [-0.05, 0) is 76.5 Å². The van der Waals surface area contributed by atoms with Gasteiger partial charge in [0, 0.05) is 13.0 Å². The lowest BCUT2D eigenvalue weighted by Crippen LogP contribution is -2.46. The van der Waals surface area contributed by atoms with Crippen molar-refractivity contribution < 1.29 is 28.2 Å². The molecule has 1 saturated heterocycles. The minimum Gasteiger partial charge on any atom is -0.492 e. The fraction of sp³-hybridized carbons (Fsp3) is 0.500. The highest BCUT2D eigenvalue weighted by Crippen LogP contribution is 2.31. The van der Waals surface area contributed by atoms with Gasteiger partial charge in [-0.25, -0.2) is 8.42 Å². The van der Waals surface area contributed by atoms with E-state index in [9.17, 15) is 13.2 Å². The van der Waals surface area contributed by atoms with Crippen LogP contribution in [0.2, 0.25) is 0 Å². The number of ether oxygens (including phenoxy) is 2. The van der Waals surface area contributed by atoms with E-state index in [-0.39, 0.29) is 23.4 Å². The van der Waals surface area contributed by atoms with E-state index in [4.69, 9.17) is 9.47 Å². The van der Waals surface area contributed by atoms with Gasteiger partial charge in [0.15, 0.2) is 14.6 Å². The molecule has 1 heterocycles. The summed E-state index contributed by atoms with van der Waals surface area (Å²) in [5, 5.41) is 0. The molecule has 2 N–H and O–H groups in total. The molecular formula is C26H37NO6S. The molecule has 0 amide bonds. The van der Waals surface area contributed by atoms with Crippen LogP contribution in [0.15, 0.2) is 53.4 Å². The molecule has 34 heavy (non-hydrogen) atoms. The quantitative estimate of drug-likeness (QED) is 0.472. The molecule has 0 aromatic heterocycles. The van der Waals surface area contributed by atoms with E-state index >= 15 is 0 Å². The molecule has 2 aromatic rings. The number of benzene rings is 2. The molecule has 0 radical (unpaired) electrons. The lowest BCUT2D eigenvalue weighted by Gasteiger charge is -2.27. The Hall–Kier alpha value is -2.42. The van der Waals surface area contributed by atoms with Gasteiger partial charge in [0.1, 0.15) is 12.4 Å². The van der Waals surface area contributed by atoms with Crippen LogP contribution in [0.4, 0.5) is 0 Å². The normalized spacial score (nSPS) is 16.2. The van der Waals surface area contributed by atoms with E-state index < -0.39 is 20.6 Å². The molecule has 2 aromatic carbocycles. The van der Waals surface area contributed by atoms with Crippen molar-refractivity contribution in [3.8, 4) is 5.75 Å². The Balaban J connectivity index is 0.00000408. The van der Waals surface area contributed by atoms with Gasteiger partial charge in [-0.3, -0.25) is 9.69 Å². The van der Waals surface area contributed by atoms with E-state index in [1.807, 2.05) is 31.2 Å². The SMILES string of the molecule is CCOC(=O)C(C)(Cc1ccc(OCCN2CCCCC2)cc1)S(=O)(=O)c1ccc(C)cc1.O. The second kappa shape index (κ2) is 12.3. The highest BCUT2D eigenvalue weighted by atomic mass is 32.2. The van der Waals surface area contributed by atoms with Crippen LogP contribution >= 0.6 is 0 Å². The number of carbonyl (C=O) groups excluding carboxylic acids is 1. The number of hydrogen-bond acceptors (Lipinski definition) is 6. The first-order valence-electron chi connectivity index (χ1n) is 11.7. The predicted molar refractivity (Wildman–Crippen MR) is 133 cm³/mol.